The summed E-state index contributed by atoms with van der Waals surface area (Å²) in [5, 5.41) is 0. The van der Waals surface area contributed by atoms with Crippen molar-refractivity contribution in [2.45, 2.75) is 128 Å². The van der Waals surface area contributed by atoms with E-state index >= 15 is 0 Å². The van der Waals surface area contributed by atoms with E-state index in [-0.39, 0.29) is 11.7 Å². The first kappa shape index (κ1) is 28.6. The minimum atomic E-state index is -0.799. The minimum absolute atomic E-state index is 0.0642. The van der Waals surface area contributed by atoms with Crippen molar-refractivity contribution in [3.8, 4) is 5.75 Å². The van der Waals surface area contributed by atoms with Crippen molar-refractivity contribution in [1.29, 1.82) is 0 Å². The maximum absolute atomic E-state index is 14.8. The lowest BCUT2D eigenvalue weighted by Gasteiger charge is -2.38. The van der Waals surface area contributed by atoms with Gasteiger partial charge in [-0.05, 0) is 118 Å². The molecule has 3 aliphatic carbocycles. The SMILES string of the molecule is C=CCCC1CCC(C2CCC(CCC3CCC(c4ccc(OCCCC)c(F)c4F)CC3)CC2)CC1. The van der Waals surface area contributed by atoms with Crippen LogP contribution in [-0.4, -0.2) is 6.61 Å². The van der Waals surface area contributed by atoms with Gasteiger partial charge in [0.1, 0.15) is 0 Å². The fourth-order valence-electron chi connectivity index (χ4n) is 7.78. The van der Waals surface area contributed by atoms with Crippen LogP contribution in [0.3, 0.4) is 0 Å². The summed E-state index contributed by atoms with van der Waals surface area (Å²) in [6, 6.07) is 3.41. The summed E-state index contributed by atoms with van der Waals surface area (Å²) >= 11 is 0. The van der Waals surface area contributed by atoms with E-state index in [9.17, 15) is 8.78 Å². The van der Waals surface area contributed by atoms with Crippen molar-refractivity contribution < 1.29 is 13.5 Å². The number of hydrogen-bond acceptors (Lipinski definition) is 1. The lowest BCUT2D eigenvalue weighted by Crippen LogP contribution is -2.26. The number of hydrogen-bond donors (Lipinski definition) is 0. The molecule has 0 N–H and O–H groups in total. The topological polar surface area (TPSA) is 9.23 Å². The Kier molecular flexibility index (Phi) is 11.4. The minimum Gasteiger partial charge on any atom is -0.490 e. The van der Waals surface area contributed by atoms with Crippen molar-refractivity contribution >= 4 is 0 Å². The van der Waals surface area contributed by atoms with Crippen molar-refractivity contribution in [3.05, 3.63) is 42.0 Å². The number of ether oxygens (including phenoxy) is 1. The Morgan fingerprint density at radius 1 is 0.757 bits per heavy atom. The molecule has 0 radical (unpaired) electrons. The molecular formula is C34H52F2O. The zero-order valence-corrected chi connectivity index (χ0v) is 23.5. The monoisotopic (exact) mass is 514 g/mol. The van der Waals surface area contributed by atoms with Gasteiger partial charge in [0.05, 0.1) is 6.61 Å². The zero-order valence-electron chi connectivity index (χ0n) is 23.5. The molecule has 1 aromatic carbocycles. The fraction of sp³-hybridized carbons (Fsp3) is 0.765. The van der Waals surface area contributed by atoms with Crippen molar-refractivity contribution in [2.24, 2.45) is 29.6 Å². The summed E-state index contributed by atoms with van der Waals surface area (Å²) in [6.45, 7) is 6.39. The molecule has 3 fully saturated rings. The first-order chi connectivity index (χ1) is 18.1. The molecule has 3 aliphatic rings. The molecule has 0 unspecified atom stereocenters. The molecule has 1 aromatic rings. The number of halogens is 2. The Morgan fingerprint density at radius 2 is 1.30 bits per heavy atom. The van der Waals surface area contributed by atoms with Gasteiger partial charge in [-0.1, -0.05) is 64.0 Å². The maximum atomic E-state index is 14.8. The second kappa shape index (κ2) is 14.7. The second-order valence-electron chi connectivity index (χ2n) is 12.7. The Bertz CT molecular complexity index is 811. The predicted octanol–water partition coefficient (Wildman–Crippen LogP) is 10.8. The summed E-state index contributed by atoms with van der Waals surface area (Å²) in [7, 11) is 0. The molecule has 0 bridgehead atoms. The molecule has 3 saturated carbocycles. The molecule has 0 aromatic heterocycles. The van der Waals surface area contributed by atoms with Crippen LogP contribution in [0.2, 0.25) is 0 Å². The van der Waals surface area contributed by atoms with Crippen LogP contribution in [0.5, 0.6) is 5.75 Å². The van der Waals surface area contributed by atoms with Gasteiger partial charge in [0.15, 0.2) is 11.6 Å². The molecule has 208 valence electrons. The van der Waals surface area contributed by atoms with Gasteiger partial charge in [-0.2, -0.15) is 4.39 Å². The van der Waals surface area contributed by atoms with Gasteiger partial charge in [0.2, 0.25) is 5.82 Å². The smallest absolute Gasteiger partial charge is 0.200 e. The first-order valence-corrected chi connectivity index (χ1v) is 15.8. The second-order valence-corrected chi connectivity index (χ2v) is 12.7. The molecule has 0 heterocycles. The summed E-state index contributed by atoms with van der Waals surface area (Å²) in [4.78, 5) is 0. The molecule has 0 amide bonds. The fourth-order valence-corrected chi connectivity index (χ4v) is 7.78. The Hall–Kier alpha value is -1.38. The van der Waals surface area contributed by atoms with E-state index in [0.29, 0.717) is 12.2 Å². The number of benzene rings is 1. The average Bonchev–Trinajstić information content (AvgIpc) is 2.94. The molecule has 1 nitrogen and oxygen atoms in total. The van der Waals surface area contributed by atoms with Gasteiger partial charge in [0, 0.05) is 0 Å². The third kappa shape index (κ3) is 8.06. The van der Waals surface area contributed by atoms with Crippen LogP contribution in [0.1, 0.15) is 134 Å². The molecule has 0 atom stereocenters. The van der Waals surface area contributed by atoms with Gasteiger partial charge in [0.25, 0.3) is 0 Å². The van der Waals surface area contributed by atoms with Crippen LogP contribution in [0.25, 0.3) is 0 Å². The predicted molar refractivity (Wildman–Crippen MR) is 151 cm³/mol. The standard InChI is InChI=1S/C34H52F2O/c1-3-5-7-25-10-16-28(17-11-25)29-18-12-26(13-19-29)8-9-27-14-20-30(21-15-27)31-22-23-32(34(36)33(31)35)37-24-6-4-2/h3,22-23,25-30H,1,4-21,24H2,2H3. The molecule has 0 aliphatic heterocycles. The van der Waals surface area contributed by atoms with E-state index in [2.05, 4.69) is 19.6 Å². The summed E-state index contributed by atoms with van der Waals surface area (Å²) in [5.41, 5.74) is 0.562. The maximum Gasteiger partial charge on any atom is 0.200 e. The van der Waals surface area contributed by atoms with Crippen molar-refractivity contribution in [1.82, 2.24) is 0 Å². The van der Waals surface area contributed by atoms with Gasteiger partial charge in [-0.3, -0.25) is 0 Å². The van der Waals surface area contributed by atoms with Crippen molar-refractivity contribution in [3.63, 3.8) is 0 Å². The van der Waals surface area contributed by atoms with E-state index in [4.69, 9.17) is 4.74 Å². The third-order valence-corrected chi connectivity index (χ3v) is 10.3. The third-order valence-electron chi connectivity index (χ3n) is 10.3. The normalized spacial score (nSPS) is 30.7. The zero-order chi connectivity index (χ0) is 26.0. The van der Waals surface area contributed by atoms with Crippen molar-refractivity contribution in [2.75, 3.05) is 6.61 Å². The highest BCUT2D eigenvalue weighted by Crippen LogP contribution is 2.45. The first-order valence-electron chi connectivity index (χ1n) is 15.8. The van der Waals surface area contributed by atoms with Crippen LogP contribution in [0, 0.1) is 41.2 Å². The van der Waals surface area contributed by atoms with Crippen LogP contribution in [0.4, 0.5) is 8.78 Å². The van der Waals surface area contributed by atoms with Gasteiger partial charge in [-0.15, -0.1) is 6.58 Å². The highest BCUT2D eigenvalue weighted by atomic mass is 19.2. The highest BCUT2D eigenvalue weighted by molar-refractivity contribution is 5.33. The molecule has 3 heteroatoms. The Balaban J connectivity index is 1.13. The van der Waals surface area contributed by atoms with E-state index in [1.807, 2.05) is 0 Å². The van der Waals surface area contributed by atoms with Gasteiger partial charge < -0.3 is 4.74 Å². The van der Waals surface area contributed by atoms with Crippen LogP contribution in [-0.2, 0) is 0 Å². The lowest BCUT2D eigenvalue weighted by molar-refractivity contribution is 0.137. The van der Waals surface area contributed by atoms with E-state index in [1.54, 1.807) is 12.1 Å². The van der Waals surface area contributed by atoms with Crippen LogP contribution >= 0.6 is 0 Å². The lowest BCUT2D eigenvalue weighted by atomic mass is 9.68. The highest BCUT2D eigenvalue weighted by Gasteiger charge is 2.32. The Labute approximate surface area is 225 Å². The largest absolute Gasteiger partial charge is 0.490 e. The molecular weight excluding hydrogens is 462 g/mol. The average molecular weight is 515 g/mol. The molecule has 4 rings (SSSR count). The Morgan fingerprint density at radius 3 is 1.84 bits per heavy atom. The molecule has 0 saturated heterocycles. The number of unbranched alkanes of at least 4 members (excludes halogenated alkanes) is 1. The van der Waals surface area contributed by atoms with E-state index < -0.39 is 11.6 Å². The van der Waals surface area contributed by atoms with Gasteiger partial charge in [-0.25, -0.2) is 4.39 Å². The molecule has 37 heavy (non-hydrogen) atoms. The summed E-state index contributed by atoms with van der Waals surface area (Å²) in [5.74, 6) is 3.37. The quantitative estimate of drug-likeness (QED) is 0.199. The van der Waals surface area contributed by atoms with Crippen LogP contribution < -0.4 is 4.74 Å². The van der Waals surface area contributed by atoms with E-state index in [1.165, 1.54) is 77.0 Å². The molecule has 0 spiro atoms. The van der Waals surface area contributed by atoms with Gasteiger partial charge >= 0.3 is 0 Å². The summed E-state index contributed by atoms with van der Waals surface area (Å²) < 4.78 is 34.8. The number of allylic oxidation sites excluding steroid dienone is 1. The number of rotatable bonds is 12. The summed E-state index contributed by atoms with van der Waals surface area (Å²) in [6.07, 6.45) is 25.1. The van der Waals surface area contributed by atoms with Crippen LogP contribution in [0.15, 0.2) is 24.8 Å². The van der Waals surface area contributed by atoms with E-state index in [0.717, 1.165) is 68.1 Å².